The number of rotatable bonds is 4. The lowest BCUT2D eigenvalue weighted by Crippen LogP contribution is -2.45. The number of carbonyl (C=O) groups is 1. The molecule has 1 fully saturated rings. The molecular formula is C15H18N4O2S. The molecule has 0 unspecified atom stereocenters. The van der Waals surface area contributed by atoms with Gasteiger partial charge in [-0.1, -0.05) is 0 Å². The van der Waals surface area contributed by atoms with E-state index in [1.165, 1.54) is 11.3 Å². The predicted molar refractivity (Wildman–Crippen MR) is 85.6 cm³/mol. The first-order valence-electron chi connectivity index (χ1n) is 7.21. The Bertz CT molecular complexity index is 624. The quantitative estimate of drug-likeness (QED) is 0.933. The summed E-state index contributed by atoms with van der Waals surface area (Å²) >= 11 is 1.53. The van der Waals surface area contributed by atoms with Gasteiger partial charge in [-0.05, 0) is 24.3 Å². The number of aromatic nitrogens is 2. The van der Waals surface area contributed by atoms with Crippen LogP contribution >= 0.6 is 11.3 Å². The van der Waals surface area contributed by atoms with Crippen LogP contribution in [0.2, 0.25) is 0 Å². The van der Waals surface area contributed by atoms with E-state index in [0.717, 1.165) is 31.5 Å². The third-order valence-electron chi connectivity index (χ3n) is 3.72. The van der Waals surface area contributed by atoms with E-state index in [4.69, 9.17) is 4.74 Å². The molecule has 1 aliphatic rings. The van der Waals surface area contributed by atoms with E-state index in [2.05, 4.69) is 20.2 Å². The average molecular weight is 318 g/mol. The molecule has 1 aliphatic heterocycles. The van der Waals surface area contributed by atoms with Crippen molar-refractivity contribution < 1.29 is 9.53 Å². The summed E-state index contributed by atoms with van der Waals surface area (Å²) in [4.78, 5) is 22.8. The van der Waals surface area contributed by atoms with Crippen LogP contribution < -0.4 is 15.0 Å². The molecule has 22 heavy (non-hydrogen) atoms. The van der Waals surface area contributed by atoms with Crippen molar-refractivity contribution in [3.8, 4) is 5.88 Å². The molecular weight excluding hydrogens is 300 g/mol. The fraction of sp³-hybridized carbons (Fsp3) is 0.400. The van der Waals surface area contributed by atoms with Gasteiger partial charge in [-0.3, -0.25) is 4.79 Å². The van der Waals surface area contributed by atoms with Gasteiger partial charge < -0.3 is 15.0 Å². The number of nitrogens with zero attached hydrogens (tertiary/aromatic N) is 3. The number of hydrogen-bond acceptors (Lipinski definition) is 6. The van der Waals surface area contributed by atoms with Crippen LogP contribution in [0.15, 0.2) is 29.1 Å². The smallest absolute Gasteiger partial charge is 0.252 e. The highest BCUT2D eigenvalue weighted by atomic mass is 32.1. The van der Waals surface area contributed by atoms with E-state index in [0.29, 0.717) is 11.8 Å². The number of ether oxygens (including phenoxy) is 1. The van der Waals surface area contributed by atoms with Gasteiger partial charge in [-0.15, -0.1) is 0 Å². The molecule has 0 spiro atoms. The molecule has 1 amide bonds. The first-order valence-corrected chi connectivity index (χ1v) is 8.15. The Balaban J connectivity index is 1.55. The average Bonchev–Trinajstić information content (AvgIpc) is 3.10. The number of piperidine rings is 1. The SMILES string of the molecule is COc1ccnc(N2CCC(NC(=O)c3ccsc3)CC2)n1. The van der Waals surface area contributed by atoms with Crippen molar-refractivity contribution in [3.63, 3.8) is 0 Å². The predicted octanol–water partition coefficient (Wildman–Crippen LogP) is 1.95. The van der Waals surface area contributed by atoms with Crippen molar-refractivity contribution in [2.24, 2.45) is 0 Å². The molecule has 2 aromatic heterocycles. The largest absolute Gasteiger partial charge is 0.481 e. The van der Waals surface area contributed by atoms with Crippen LogP contribution in [0, 0.1) is 0 Å². The first-order chi connectivity index (χ1) is 10.8. The number of anilines is 1. The summed E-state index contributed by atoms with van der Waals surface area (Å²) in [5.74, 6) is 1.26. The molecule has 0 radical (unpaired) electrons. The van der Waals surface area contributed by atoms with Crippen LogP contribution in [0.5, 0.6) is 5.88 Å². The summed E-state index contributed by atoms with van der Waals surface area (Å²) in [5, 5.41) is 6.88. The van der Waals surface area contributed by atoms with Crippen LogP contribution in [-0.2, 0) is 0 Å². The van der Waals surface area contributed by atoms with E-state index < -0.39 is 0 Å². The van der Waals surface area contributed by atoms with Crippen molar-refractivity contribution in [1.29, 1.82) is 0 Å². The zero-order chi connectivity index (χ0) is 15.4. The second-order valence-corrected chi connectivity index (χ2v) is 5.93. The number of amides is 1. The molecule has 0 aromatic carbocycles. The third-order valence-corrected chi connectivity index (χ3v) is 4.41. The Kier molecular flexibility index (Phi) is 4.53. The van der Waals surface area contributed by atoms with Crippen molar-refractivity contribution in [1.82, 2.24) is 15.3 Å². The maximum atomic E-state index is 12.0. The van der Waals surface area contributed by atoms with Crippen molar-refractivity contribution in [2.45, 2.75) is 18.9 Å². The Hall–Kier alpha value is -2.15. The highest BCUT2D eigenvalue weighted by Gasteiger charge is 2.22. The van der Waals surface area contributed by atoms with Gasteiger partial charge in [0, 0.05) is 42.3 Å². The summed E-state index contributed by atoms with van der Waals surface area (Å²) in [6, 6.07) is 3.78. The monoisotopic (exact) mass is 318 g/mol. The number of nitrogens with one attached hydrogen (secondary N) is 1. The lowest BCUT2D eigenvalue weighted by atomic mass is 10.0. The minimum absolute atomic E-state index is 0.0114. The van der Waals surface area contributed by atoms with Crippen LogP contribution in [0.1, 0.15) is 23.2 Å². The lowest BCUT2D eigenvalue weighted by Gasteiger charge is -2.32. The van der Waals surface area contributed by atoms with Crippen LogP contribution in [-0.4, -0.2) is 42.1 Å². The van der Waals surface area contributed by atoms with Gasteiger partial charge in [-0.2, -0.15) is 16.3 Å². The number of hydrogen-bond donors (Lipinski definition) is 1. The Morgan fingerprint density at radius 3 is 2.91 bits per heavy atom. The van der Waals surface area contributed by atoms with Gasteiger partial charge in [0.25, 0.3) is 5.91 Å². The molecule has 1 saturated heterocycles. The van der Waals surface area contributed by atoms with Gasteiger partial charge in [0.15, 0.2) is 0 Å². The van der Waals surface area contributed by atoms with Crippen molar-refractivity contribution in [2.75, 3.05) is 25.1 Å². The van der Waals surface area contributed by atoms with E-state index in [-0.39, 0.29) is 11.9 Å². The van der Waals surface area contributed by atoms with E-state index in [9.17, 15) is 4.79 Å². The summed E-state index contributed by atoms with van der Waals surface area (Å²) in [7, 11) is 1.60. The normalized spacial score (nSPS) is 15.6. The summed E-state index contributed by atoms with van der Waals surface area (Å²) in [5.41, 5.74) is 0.739. The van der Waals surface area contributed by atoms with E-state index in [1.807, 2.05) is 16.8 Å². The van der Waals surface area contributed by atoms with E-state index >= 15 is 0 Å². The number of thiophene rings is 1. The number of methoxy groups -OCH3 is 1. The summed E-state index contributed by atoms with van der Waals surface area (Å²) in [6.45, 7) is 1.64. The molecule has 0 bridgehead atoms. The Labute approximate surface area is 133 Å². The molecule has 1 N–H and O–H groups in total. The maximum absolute atomic E-state index is 12.0. The highest BCUT2D eigenvalue weighted by molar-refractivity contribution is 7.08. The van der Waals surface area contributed by atoms with Crippen molar-refractivity contribution in [3.05, 3.63) is 34.7 Å². The molecule has 6 nitrogen and oxygen atoms in total. The molecule has 0 saturated carbocycles. The number of carbonyl (C=O) groups excluding carboxylic acids is 1. The molecule has 2 aromatic rings. The fourth-order valence-electron chi connectivity index (χ4n) is 2.48. The van der Waals surface area contributed by atoms with E-state index in [1.54, 1.807) is 19.4 Å². The molecule has 0 aliphatic carbocycles. The molecule has 3 rings (SSSR count). The first kappa shape index (κ1) is 14.8. The standard InChI is InChI=1S/C15H18N4O2S/c1-21-13-2-6-16-15(18-13)19-7-3-12(4-8-19)17-14(20)11-5-9-22-10-11/h2,5-6,9-10,12H,3-4,7-8H2,1H3,(H,17,20). The lowest BCUT2D eigenvalue weighted by molar-refractivity contribution is 0.0931. The summed E-state index contributed by atoms with van der Waals surface area (Å²) < 4.78 is 5.13. The third kappa shape index (κ3) is 3.36. The van der Waals surface area contributed by atoms with Crippen LogP contribution in [0.3, 0.4) is 0 Å². The molecule has 0 atom stereocenters. The molecule has 3 heterocycles. The highest BCUT2D eigenvalue weighted by Crippen LogP contribution is 2.18. The Morgan fingerprint density at radius 2 is 2.23 bits per heavy atom. The zero-order valence-corrected chi connectivity index (χ0v) is 13.2. The van der Waals surface area contributed by atoms with Gasteiger partial charge >= 0.3 is 0 Å². The Morgan fingerprint density at radius 1 is 1.41 bits per heavy atom. The molecule has 116 valence electrons. The van der Waals surface area contributed by atoms with Gasteiger partial charge in [0.2, 0.25) is 11.8 Å². The fourth-order valence-corrected chi connectivity index (χ4v) is 3.12. The maximum Gasteiger partial charge on any atom is 0.252 e. The van der Waals surface area contributed by atoms with Crippen LogP contribution in [0.4, 0.5) is 5.95 Å². The van der Waals surface area contributed by atoms with Gasteiger partial charge in [-0.25, -0.2) is 4.98 Å². The topological polar surface area (TPSA) is 67.3 Å². The van der Waals surface area contributed by atoms with Gasteiger partial charge in [0.05, 0.1) is 7.11 Å². The molecule has 7 heteroatoms. The second-order valence-electron chi connectivity index (χ2n) is 5.15. The van der Waals surface area contributed by atoms with Crippen LogP contribution in [0.25, 0.3) is 0 Å². The van der Waals surface area contributed by atoms with Crippen molar-refractivity contribution >= 4 is 23.2 Å². The van der Waals surface area contributed by atoms with Gasteiger partial charge in [0.1, 0.15) is 0 Å². The second kappa shape index (κ2) is 6.74. The zero-order valence-electron chi connectivity index (χ0n) is 12.4. The minimum Gasteiger partial charge on any atom is -0.481 e. The minimum atomic E-state index is 0.0114. The summed E-state index contributed by atoms with van der Waals surface area (Å²) in [6.07, 6.45) is 3.47.